The smallest absolute Gasteiger partial charge is 0.233 e. The summed E-state index contributed by atoms with van der Waals surface area (Å²) >= 11 is 0. The molecule has 0 aliphatic heterocycles. The topological polar surface area (TPSA) is 72.5 Å². The maximum atomic E-state index is 11.5. The van der Waals surface area contributed by atoms with E-state index in [9.17, 15) is 13.8 Å². The molecule has 0 aliphatic carbocycles. The first-order valence-electron chi connectivity index (χ1n) is 5.52. The minimum Gasteiger partial charge on any atom is -0.384 e. The van der Waals surface area contributed by atoms with Crippen LogP contribution in [0.4, 0.5) is 0 Å². The summed E-state index contributed by atoms with van der Waals surface area (Å²) in [7, 11) is 0.274. The SMILES string of the molecule is COCCS(=O)CC(=O)NC(C(C)=O)C(C)C. The van der Waals surface area contributed by atoms with Gasteiger partial charge < -0.3 is 10.1 Å². The predicted octanol–water partition coefficient (Wildman–Crippen LogP) is 0.111. The minimum absolute atomic E-state index is 0.0314. The summed E-state index contributed by atoms with van der Waals surface area (Å²) in [5.74, 6) is -0.163. The summed E-state index contributed by atoms with van der Waals surface area (Å²) in [5.41, 5.74) is 0. The lowest BCUT2D eigenvalue weighted by Gasteiger charge is -2.19. The Bertz CT molecular complexity index is 291. The molecule has 0 heterocycles. The van der Waals surface area contributed by atoms with Crippen molar-refractivity contribution in [3.05, 3.63) is 0 Å². The molecule has 5 nitrogen and oxygen atoms in total. The summed E-state index contributed by atoms with van der Waals surface area (Å²) in [4.78, 5) is 22.8. The van der Waals surface area contributed by atoms with Crippen LogP contribution in [0.25, 0.3) is 0 Å². The van der Waals surface area contributed by atoms with Gasteiger partial charge in [0, 0.05) is 23.7 Å². The molecule has 0 aromatic heterocycles. The van der Waals surface area contributed by atoms with E-state index < -0.39 is 16.8 Å². The average molecular weight is 263 g/mol. The van der Waals surface area contributed by atoms with Gasteiger partial charge in [-0.3, -0.25) is 13.8 Å². The molecule has 1 N–H and O–H groups in total. The quantitative estimate of drug-likeness (QED) is 0.674. The Balaban J connectivity index is 4.15. The normalized spacial score (nSPS) is 14.4. The van der Waals surface area contributed by atoms with Crippen molar-refractivity contribution >= 4 is 22.5 Å². The van der Waals surface area contributed by atoms with Crippen LogP contribution in [0, 0.1) is 5.92 Å². The van der Waals surface area contributed by atoms with Crippen LogP contribution in [-0.2, 0) is 25.1 Å². The van der Waals surface area contributed by atoms with Crippen LogP contribution in [0.15, 0.2) is 0 Å². The number of amides is 1. The van der Waals surface area contributed by atoms with E-state index in [4.69, 9.17) is 4.74 Å². The van der Waals surface area contributed by atoms with Crippen molar-refractivity contribution in [1.82, 2.24) is 5.32 Å². The zero-order chi connectivity index (χ0) is 13.4. The highest BCUT2D eigenvalue weighted by Gasteiger charge is 2.21. The molecule has 0 saturated heterocycles. The van der Waals surface area contributed by atoms with Crippen molar-refractivity contribution in [1.29, 1.82) is 0 Å². The monoisotopic (exact) mass is 263 g/mol. The molecule has 0 aliphatic rings. The molecule has 0 aromatic carbocycles. The van der Waals surface area contributed by atoms with E-state index in [1.165, 1.54) is 14.0 Å². The lowest BCUT2D eigenvalue weighted by molar-refractivity contribution is -0.126. The van der Waals surface area contributed by atoms with Crippen LogP contribution in [-0.4, -0.2) is 47.2 Å². The van der Waals surface area contributed by atoms with Gasteiger partial charge in [0.25, 0.3) is 0 Å². The summed E-state index contributed by atoms with van der Waals surface area (Å²) < 4.78 is 16.2. The largest absolute Gasteiger partial charge is 0.384 e. The van der Waals surface area contributed by atoms with Gasteiger partial charge in [-0.05, 0) is 12.8 Å². The zero-order valence-corrected chi connectivity index (χ0v) is 11.6. The number of methoxy groups -OCH3 is 1. The van der Waals surface area contributed by atoms with Crippen molar-refractivity contribution in [3.63, 3.8) is 0 Å². The van der Waals surface area contributed by atoms with Gasteiger partial charge in [0.15, 0.2) is 5.78 Å². The third-order valence-electron chi connectivity index (χ3n) is 2.23. The molecular formula is C11H21NO4S. The molecule has 0 rings (SSSR count). The van der Waals surface area contributed by atoms with Crippen molar-refractivity contribution < 1.29 is 18.5 Å². The van der Waals surface area contributed by atoms with E-state index in [-0.39, 0.29) is 23.4 Å². The predicted molar refractivity (Wildman–Crippen MR) is 67.2 cm³/mol. The second kappa shape index (κ2) is 8.36. The molecule has 2 atom stereocenters. The van der Waals surface area contributed by atoms with Crippen LogP contribution in [0.5, 0.6) is 0 Å². The van der Waals surface area contributed by atoms with Crippen LogP contribution in [0.1, 0.15) is 20.8 Å². The molecule has 0 saturated carbocycles. The Morgan fingerprint density at radius 1 is 1.35 bits per heavy atom. The number of carbonyl (C=O) groups excluding carboxylic acids is 2. The van der Waals surface area contributed by atoms with Gasteiger partial charge in [0.1, 0.15) is 5.75 Å². The first-order valence-corrected chi connectivity index (χ1v) is 7.01. The highest BCUT2D eigenvalue weighted by Crippen LogP contribution is 2.02. The van der Waals surface area contributed by atoms with Crippen LogP contribution in [0.3, 0.4) is 0 Å². The zero-order valence-electron chi connectivity index (χ0n) is 10.8. The molecule has 100 valence electrons. The Hall–Kier alpha value is -0.750. The summed E-state index contributed by atoms with van der Waals surface area (Å²) in [6.07, 6.45) is 0. The molecule has 2 unspecified atom stereocenters. The molecule has 0 spiro atoms. The summed E-state index contributed by atoms with van der Waals surface area (Å²) in [6, 6.07) is -0.498. The molecule has 6 heteroatoms. The summed E-state index contributed by atoms with van der Waals surface area (Å²) in [5, 5.41) is 2.60. The molecule has 0 radical (unpaired) electrons. The van der Waals surface area contributed by atoms with Gasteiger partial charge >= 0.3 is 0 Å². The number of Topliss-reactive ketones (excluding diaryl/α,β-unsaturated/α-hetero) is 1. The number of hydrogen-bond acceptors (Lipinski definition) is 4. The van der Waals surface area contributed by atoms with Crippen molar-refractivity contribution in [2.24, 2.45) is 5.92 Å². The molecule has 17 heavy (non-hydrogen) atoms. The molecule has 0 bridgehead atoms. The maximum Gasteiger partial charge on any atom is 0.233 e. The van der Waals surface area contributed by atoms with Gasteiger partial charge in [-0.15, -0.1) is 0 Å². The Morgan fingerprint density at radius 3 is 2.35 bits per heavy atom. The van der Waals surface area contributed by atoms with Crippen LogP contribution in [0.2, 0.25) is 0 Å². The van der Waals surface area contributed by atoms with Crippen LogP contribution < -0.4 is 5.32 Å². The van der Waals surface area contributed by atoms with Gasteiger partial charge in [0.2, 0.25) is 5.91 Å². The second-order valence-corrected chi connectivity index (χ2v) is 5.76. The average Bonchev–Trinajstić information content (AvgIpc) is 2.22. The standard InChI is InChI=1S/C11H21NO4S/c1-8(2)11(9(3)13)12-10(14)7-17(15)6-5-16-4/h8,11H,5-7H2,1-4H3,(H,12,14). The van der Waals surface area contributed by atoms with Gasteiger partial charge in [0.05, 0.1) is 12.6 Å². The van der Waals surface area contributed by atoms with E-state index in [0.29, 0.717) is 12.4 Å². The van der Waals surface area contributed by atoms with Gasteiger partial charge in [-0.2, -0.15) is 0 Å². The first kappa shape index (κ1) is 16.2. The van der Waals surface area contributed by atoms with E-state index in [0.717, 1.165) is 0 Å². The summed E-state index contributed by atoms with van der Waals surface area (Å²) in [6.45, 7) is 5.51. The number of rotatable bonds is 8. The van der Waals surface area contributed by atoms with Crippen LogP contribution >= 0.6 is 0 Å². The number of ketones is 1. The Morgan fingerprint density at radius 2 is 1.94 bits per heavy atom. The third kappa shape index (κ3) is 7.23. The fourth-order valence-corrected chi connectivity index (χ4v) is 2.22. The Kier molecular flexibility index (Phi) is 7.99. The molecular weight excluding hydrogens is 242 g/mol. The highest BCUT2D eigenvalue weighted by molar-refractivity contribution is 7.85. The van der Waals surface area contributed by atoms with E-state index in [2.05, 4.69) is 5.32 Å². The minimum atomic E-state index is -1.24. The van der Waals surface area contributed by atoms with Gasteiger partial charge in [-0.1, -0.05) is 13.8 Å². The van der Waals surface area contributed by atoms with Gasteiger partial charge in [-0.25, -0.2) is 0 Å². The fourth-order valence-electron chi connectivity index (χ4n) is 1.35. The van der Waals surface area contributed by atoms with E-state index in [1.54, 1.807) is 0 Å². The van der Waals surface area contributed by atoms with E-state index in [1.807, 2.05) is 13.8 Å². The van der Waals surface area contributed by atoms with Crippen molar-refractivity contribution in [2.45, 2.75) is 26.8 Å². The fraction of sp³-hybridized carbons (Fsp3) is 0.818. The van der Waals surface area contributed by atoms with Crippen molar-refractivity contribution in [2.75, 3.05) is 25.2 Å². The number of nitrogens with one attached hydrogen (secondary N) is 1. The molecule has 0 fully saturated rings. The third-order valence-corrected chi connectivity index (χ3v) is 3.43. The van der Waals surface area contributed by atoms with E-state index >= 15 is 0 Å². The number of hydrogen-bond donors (Lipinski definition) is 1. The lowest BCUT2D eigenvalue weighted by Crippen LogP contribution is -2.45. The second-order valence-electron chi connectivity index (χ2n) is 4.18. The molecule has 0 aromatic rings. The molecule has 1 amide bonds. The first-order chi connectivity index (χ1) is 7.88. The maximum absolute atomic E-state index is 11.5. The highest BCUT2D eigenvalue weighted by atomic mass is 32.2. The van der Waals surface area contributed by atoms with Crippen molar-refractivity contribution in [3.8, 4) is 0 Å². The Labute approximate surface area is 105 Å². The number of carbonyl (C=O) groups is 2. The number of ether oxygens (including phenoxy) is 1. The lowest BCUT2D eigenvalue weighted by atomic mass is 10.0.